The summed E-state index contributed by atoms with van der Waals surface area (Å²) < 4.78 is 4.60. The lowest BCUT2D eigenvalue weighted by Gasteiger charge is -2.18. The van der Waals surface area contributed by atoms with Gasteiger partial charge in [0.2, 0.25) is 5.91 Å². The van der Waals surface area contributed by atoms with Crippen molar-refractivity contribution in [3.8, 4) is 0 Å². The highest BCUT2D eigenvalue weighted by Gasteiger charge is 2.06. The number of likely N-dealkylation sites (N-methyl/N-ethyl adjacent to an activating group) is 1. The van der Waals surface area contributed by atoms with Crippen LogP contribution in [0.1, 0.15) is 64.7 Å². The molecule has 0 aromatic rings. The lowest BCUT2D eigenvalue weighted by molar-refractivity contribution is -0.140. The average molecular weight is 297 g/mol. The van der Waals surface area contributed by atoms with Gasteiger partial charge in [0.25, 0.3) is 0 Å². The standard InChI is InChI=1S/C17H31NO3/c1-4-16(19)18(5-2)15-13-11-9-7-6-8-10-12-14-17(20)21-3/h4H,1,5-15H2,2-3H3. The zero-order valence-corrected chi connectivity index (χ0v) is 13.7. The fourth-order valence-corrected chi connectivity index (χ4v) is 2.29. The number of unbranched alkanes of at least 4 members (excludes halogenated alkanes) is 7. The highest BCUT2D eigenvalue weighted by atomic mass is 16.5. The first-order valence-electron chi connectivity index (χ1n) is 8.13. The molecule has 0 aliphatic rings. The predicted molar refractivity (Wildman–Crippen MR) is 86.0 cm³/mol. The highest BCUT2D eigenvalue weighted by Crippen LogP contribution is 2.10. The number of hydrogen-bond acceptors (Lipinski definition) is 3. The number of amides is 1. The summed E-state index contributed by atoms with van der Waals surface area (Å²) in [6.45, 7) is 7.10. The SMILES string of the molecule is C=CC(=O)N(CC)CCCCCCCCCCC(=O)OC. The highest BCUT2D eigenvalue weighted by molar-refractivity contribution is 5.86. The number of methoxy groups -OCH3 is 1. The van der Waals surface area contributed by atoms with E-state index in [9.17, 15) is 9.59 Å². The molecule has 0 radical (unpaired) electrons. The van der Waals surface area contributed by atoms with Crippen molar-refractivity contribution in [2.75, 3.05) is 20.2 Å². The molecule has 0 aromatic carbocycles. The van der Waals surface area contributed by atoms with Crippen LogP contribution >= 0.6 is 0 Å². The van der Waals surface area contributed by atoms with E-state index in [1.54, 1.807) is 0 Å². The Morgan fingerprint density at radius 1 is 1.00 bits per heavy atom. The Kier molecular flexibility index (Phi) is 12.8. The number of ether oxygens (including phenoxy) is 1. The maximum Gasteiger partial charge on any atom is 0.305 e. The Bertz CT molecular complexity index is 302. The smallest absolute Gasteiger partial charge is 0.305 e. The third-order valence-electron chi connectivity index (χ3n) is 3.65. The molecule has 0 N–H and O–H groups in total. The Morgan fingerprint density at radius 2 is 1.52 bits per heavy atom. The number of esters is 1. The zero-order chi connectivity index (χ0) is 15.9. The van der Waals surface area contributed by atoms with Gasteiger partial charge in [-0.1, -0.05) is 45.1 Å². The molecule has 0 saturated heterocycles. The van der Waals surface area contributed by atoms with Crippen LogP contribution in [0.4, 0.5) is 0 Å². The largest absolute Gasteiger partial charge is 0.469 e. The Balaban J connectivity index is 3.34. The lowest BCUT2D eigenvalue weighted by atomic mass is 10.1. The van der Waals surface area contributed by atoms with Crippen LogP contribution in [-0.2, 0) is 14.3 Å². The van der Waals surface area contributed by atoms with Gasteiger partial charge in [0.1, 0.15) is 0 Å². The summed E-state index contributed by atoms with van der Waals surface area (Å²) in [5, 5.41) is 0. The first kappa shape index (κ1) is 19.7. The minimum atomic E-state index is -0.107. The van der Waals surface area contributed by atoms with Crippen molar-refractivity contribution in [3.63, 3.8) is 0 Å². The van der Waals surface area contributed by atoms with Crippen LogP contribution in [0.2, 0.25) is 0 Å². The molecule has 122 valence electrons. The molecule has 0 unspecified atom stereocenters. The number of carbonyl (C=O) groups is 2. The summed E-state index contributed by atoms with van der Waals surface area (Å²) in [6.07, 6.45) is 11.1. The molecule has 0 spiro atoms. The van der Waals surface area contributed by atoms with E-state index in [2.05, 4.69) is 11.3 Å². The molecule has 0 rings (SSSR count). The van der Waals surface area contributed by atoms with Gasteiger partial charge in [0.05, 0.1) is 7.11 Å². The molecular weight excluding hydrogens is 266 g/mol. The van der Waals surface area contributed by atoms with Gasteiger partial charge in [-0.05, 0) is 25.8 Å². The quantitative estimate of drug-likeness (QED) is 0.296. The van der Waals surface area contributed by atoms with E-state index in [1.165, 1.54) is 45.3 Å². The summed E-state index contributed by atoms with van der Waals surface area (Å²) in [5.41, 5.74) is 0. The molecular formula is C17H31NO3. The normalized spacial score (nSPS) is 10.2. The number of rotatable bonds is 13. The van der Waals surface area contributed by atoms with Gasteiger partial charge < -0.3 is 9.64 Å². The Hall–Kier alpha value is -1.32. The molecule has 0 bridgehead atoms. The number of nitrogens with zero attached hydrogens (tertiary/aromatic N) is 1. The van der Waals surface area contributed by atoms with Crippen LogP contribution in [0, 0.1) is 0 Å². The number of carbonyl (C=O) groups excluding carboxylic acids is 2. The second-order valence-electron chi connectivity index (χ2n) is 5.28. The molecule has 0 aromatic heterocycles. The second-order valence-corrected chi connectivity index (χ2v) is 5.28. The molecule has 21 heavy (non-hydrogen) atoms. The van der Waals surface area contributed by atoms with Gasteiger partial charge in [0.15, 0.2) is 0 Å². The molecule has 4 nitrogen and oxygen atoms in total. The molecule has 0 saturated carbocycles. The van der Waals surface area contributed by atoms with Gasteiger partial charge in [-0.15, -0.1) is 0 Å². The minimum absolute atomic E-state index is 0.0307. The fraction of sp³-hybridized carbons (Fsp3) is 0.765. The maximum absolute atomic E-state index is 11.5. The van der Waals surface area contributed by atoms with E-state index in [-0.39, 0.29) is 11.9 Å². The fourth-order valence-electron chi connectivity index (χ4n) is 2.29. The van der Waals surface area contributed by atoms with Crippen molar-refractivity contribution in [3.05, 3.63) is 12.7 Å². The van der Waals surface area contributed by atoms with E-state index < -0.39 is 0 Å². The van der Waals surface area contributed by atoms with E-state index in [1.807, 2.05) is 11.8 Å². The van der Waals surface area contributed by atoms with Gasteiger partial charge in [-0.2, -0.15) is 0 Å². The maximum atomic E-state index is 11.5. The van der Waals surface area contributed by atoms with E-state index in [0.717, 1.165) is 32.4 Å². The van der Waals surface area contributed by atoms with Crippen LogP contribution in [-0.4, -0.2) is 37.0 Å². The summed E-state index contributed by atoms with van der Waals surface area (Å²) >= 11 is 0. The monoisotopic (exact) mass is 297 g/mol. The van der Waals surface area contributed by atoms with Gasteiger partial charge >= 0.3 is 5.97 Å². The summed E-state index contributed by atoms with van der Waals surface area (Å²) in [4.78, 5) is 24.2. The average Bonchev–Trinajstić information content (AvgIpc) is 2.51. The zero-order valence-electron chi connectivity index (χ0n) is 13.7. The summed E-state index contributed by atoms with van der Waals surface area (Å²) in [5.74, 6) is -0.0762. The molecule has 0 atom stereocenters. The topological polar surface area (TPSA) is 46.6 Å². The third-order valence-corrected chi connectivity index (χ3v) is 3.65. The van der Waals surface area contributed by atoms with Crippen LogP contribution in [0.3, 0.4) is 0 Å². The molecule has 0 aliphatic carbocycles. The molecule has 0 fully saturated rings. The van der Waals surface area contributed by atoms with Crippen molar-refractivity contribution in [1.82, 2.24) is 4.90 Å². The van der Waals surface area contributed by atoms with Crippen molar-refractivity contribution >= 4 is 11.9 Å². The molecule has 1 amide bonds. The van der Waals surface area contributed by atoms with E-state index in [4.69, 9.17) is 0 Å². The third kappa shape index (κ3) is 11.1. The Morgan fingerprint density at radius 3 is 2.00 bits per heavy atom. The van der Waals surface area contributed by atoms with Gasteiger partial charge in [-0.25, -0.2) is 0 Å². The van der Waals surface area contributed by atoms with Crippen LogP contribution in [0.15, 0.2) is 12.7 Å². The first-order chi connectivity index (χ1) is 10.2. The van der Waals surface area contributed by atoms with Crippen molar-refractivity contribution in [2.45, 2.75) is 64.7 Å². The van der Waals surface area contributed by atoms with Crippen LogP contribution in [0.25, 0.3) is 0 Å². The number of hydrogen-bond donors (Lipinski definition) is 0. The second kappa shape index (κ2) is 13.7. The predicted octanol–water partition coefficient (Wildman–Crippen LogP) is 3.70. The van der Waals surface area contributed by atoms with E-state index in [0.29, 0.717) is 6.42 Å². The molecule has 0 heterocycles. The van der Waals surface area contributed by atoms with Gasteiger partial charge in [0, 0.05) is 19.5 Å². The van der Waals surface area contributed by atoms with Crippen molar-refractivity contribution in [2.24, 2.45) is 0 Å². The lowest BCUT2D eigenvalue weighted by Crippen LogP contribution is -2.29. The van der Waals surface area contributed by atoms with Crippen LogP contribution < -0.4 is 0 Å². The molecule has 0 aliphatic heterocycles. The van der Waals surface area contributed by atoms with Crippen molar-refractivity contribution < 1.29 is 14.3 Å². The van der Waals surface area contributed by atoms with Crippen LogP contribution in [0.5, 0.6) is 0 Å². The minimum Gasteiger partial charge on any atom is -0.469 e. The summed E-state index contributed by atoms with van der Waals surface area (Å²) in [7, 11) is 1.44. The van der Waals surface area contributed by atoms with Gasteiger partial charge in [-0.3, -0.25) is 9.59 Å². The summed E-state index contributed by atoms with van der Waals surface area (Å²) in [6, 6.07) is 0. The first-order valence-corrected chi connectivity index (χ1v) is 8.13. The van der Waals surface area contributed by atoms with Crippen molar-refractivity contribution in [1.29, 1.82) is 0 Å². The molecule has 4 heteroatoms. The van der Waals surface area contributed by atoms with E-state index >= 15 is 0 Å². The Labute approximate surface area is 129 Å².